The fraction of sp³-hybridized carbons (Fsp3) is 0.643. The molecule has 0 aliphatic carbocycles. The lowest BCUT2D eigenvalue weighted by Crippen LogP contribution is -2.38. The van der Waals surface area contributed by atoms with Crippen LogP contribution in [0.15, 0.2) is 12.3 Å². The molecule has 0 bridgehead atoms. The Labute approximate surface area is 118 Å². The second kappa shape index (κ2) is 6.07. The van der Waals surface area contributed by atoms with E-state index in [4.69, 9.17) is 5.11 Å². The van der Waals surface area contributed by atoms with Gasteiger partial charge in [0, 0.05) is 12.6 Å². The van der Waals surface area contributed by atoms with E-state index >= 15 is 0 Å². The highest BCUT2D eigenvalue weighted by Crippen LogP contribution is 2.22. The third kappa shape index (κ3) is 2.84. The summed E-state index contributed by atoms with van der Waals surface area (Å²) >= 11 is 0. The van der Waals surface area contributed by atoms with Crippen LogP contribution in [-0.2, 0) is 16.1 Å². The molecule has 1 aromatic rings. The van der Waals surface area contributed by atoms with E-state index in [0.717, 1.165) is 18.5 Å². The topological polar surface area (TPSA) is 75.4 Å². The number of aliphatic carboxylic acids is 1. The number of carbonyl (C=O) groups is 2. The molecule has 0 radical (unpaired) electrons. The minimum absolute atomic E-state index is 0.102. The molecule has 2 rings (SSSR count). The van der Waals surface area contributed by atoms with Crippen LogP contribution in [0, 0.1) is 0 Å². The van der Waals surface area contributed by atoms with E-state index < -0.39 is 12.0 Å². The predicted molar refractivity (Wildman–Crippen MR) is 73.1 cm³/mol. The summed E-state index contributed by atoms with van der Waals surface area (Å²) < 4.78 is 1.91. The number of hydrogen-bond acceptors (Lipinski definition) is 3. The lowest BCUT2D eigenvalue weighted by atomic mass is 10.2. The summed E-state index contributed by atoms with van der Waals surface area (Å²) in [6, 6.07) is 1.51. The molecule has 6 nitrogen and oxygen atoms in total. The number of aromatic nitrogens is 2. The summed E-state index contributed by atoms with van der Waals surface area (Å²) in [6.07, 6.45) is 4.60. The van der Waals surface area contributed by atoms with Crippen molar-refractivity contribution in [2.24, 2.45) is 0 Å². The monoisotopic (exact) mass is 279 g/mol. The molecule has 20 heavy (non-hydrogen) atoms. The zero-order valence-electron chi connectivity index (χ0n) is 12.0. The van der Waals surface area contributed by atoms with Crippen LogP contribution in [-0.4, -0.2) is 37.7 Å². The third-order valence-electron chi connectivity index (χ3n) is 3.93. The molecule has 110 valence electrons. The molecule has 0 spiro atoms. The van der Waals surface area contributed by atoms with Gasteiger partial charge in [0.2, 0.25) is 5.91 Å². The lowest BCUT2D eigenvalue weighted by Gasteiger charge is -2.20. The molecule has 1 aliphatic rings. The van der Waals surface area contributed by atoms with E-state index in [1.807, 2.05) is 16.9 Å². The van der Waals surface area contributed by atoms with Gasteiger partial charge in [-0.15, -0.1) is 0 Å². The second-order valence-corrected chi connectivity index (χ2v) is 5.17. The van der Waals surface area contributed by atoms with Gasteiger partial charge in [0.25, 0.3) is 0 Å². The highest BCUT2D eigenvalue weighted by Gasteiger charge is 2.36. The maximum atomic E-state index is 11.8. The van der Waals surface area contributed by atoms with Crippen LogP contribution in [0.25, 0.3) is 0 Å². The number of carboxylic acid groups (broad SMARTS) is 1. The quantitative estimate of drug-likeness (QED) is 0.861. The maximum Gasteiger partial charge on any atom is 0.326 e. The van der Waals surface area contributed by atoms with Gasteiger partial charge < -0.3 is 10.0 Å². The molecule has 1 saturated heterocycles. The fourth-order valence-electron chi connectivity index (χ4n) is 2.69. The summed E-state index contributed by atoms with van der Waals surface area (Å²) in [5, 5.41) is 13.6. The van der Waals surface area contributed by atoms with Gasteiger partial charge in [-0.1, -0.05) is 13.8 Å². The molecule has 1 unspecified atom stereocenters. The predicted octanol–water partition coefficient (Wildman–Crippen LogP) is 1.82. The van der Waals surface area contributed by atoms with Gasteiger partial charge in [-0.05, 0) is 25.3 Å². The number of carbonyl (C=O) groups excluding carboxylic acids is 1. The Morgan fingerprint density at radius 2 is 2.20 bits per heavy atom. The SMILES string of the molecule is CCC(CC)n1ccc(CN2C(=O)CCC2C(=O)O)n1. The van der Waals surface area contributed by atoms with Gasteiger partial charge in [0.1, 0.15) is 6.04 Å². The van der Waals surface area contributed by atoms with Gasteiger partial charge in [0.05, 0.1) is 18.3 Å². The lowest BCUT2D eigenvalue weighted by molar-refractivity contribution is -0.146. The standard InChI is InChI=1S/C14H21N3O3/c1-3-11(4-2)17-8-7-10(15-17)9-16-12(14(19)20)5-6-13(16)18/h7-8,11-12H,3-6,9H2,1-2H3,(H,19,20). The summed E-state index contributed by atoms with van der Waals surface area (Å²) in [7, 11) is 0. The molecule has 2 heterocycles. The molecule has 1 aromatic heterocycles. The van der Waals surface area contributed by atoms with Gasteiger partial charge in [0.15, 0.2) is 0 Å². The Kier molecular flexibility index (Phi) is 4.42. The van der Waals surface area contributed by atoms with Crippen LogP contribution >= 0.6 is 0 Å². The zero-order chi connectivity index (χ0) is 14.7. The van der Waals surface area contributed by atoms with Gasteiger partial charge in [-0.2, -0.15) is 5.10 Å². The Bertz CT molecular complexity index is 494. The zero-order valence-corrected chi connectivity index (χ0v) is 12.0. The van der Waals surface area contributed by atoms with Crippen LogP contribution in [0.1, 0.15) is 51.3 Å². The number of likely N-dealkylation sites (tertiary alicyclic amines) is 1. The largest absolute Gasteiger partial charge is 0.480 e. The van der Waals surface area contributed by atoms with Crippen LogP contribution < -0.4 is 0 Å². The molecule has 1 amide bonds. The highest BCUT2D eigenvalue weighted by atomic mass is 16.4. The summed E-state index contributed by atoms with van der Waals surface area (Å²) in [4.78, 5) is 24.3. The van der Waals surface area contributed by atoms with E-state index in [1.165, 1.54) is 4.90 Å². The first-order chi connectivity index (χ1) is 9.56. The first-order valence-corrected chi connectivity index (χ1v) is 7.13. The molecule has 6 heteroatoms. The van der Waals surface area contributed by atoms with E-state index in [1.54, 1.807) is 0 Å². The number of amides is 1. The van der Waals surface area contributed by atoms with E-state index in [-0.39, 0.29) is 12.5 Å². The van der Waals surface area contributed by atoms with Gasteiger partial charge >= 0.3 is 5.97 Å². The second-order valence-electron chi connectivity index (χ2n) is 5.17. The number of rotatable bonds is 6. The molecule has 1 fully saturated rings. The van der Waals surface area contributed by atoms with E-state index in [2.05, 4.69) is 18.9 Å². The molecule has 0 aromatic carbocycles. The fourth-order valence-corrected chi connectivity index (χ4v) is 2.69. The van der Waals surface area contributed by atoms with Gasteiger partial charge in [-0.25, -0.2) is 4.79 Å². The summed E-state index contributed by atoms with van der Waals surface area (Å²) in [5.74, 6) is -1.04. The number of carboxylic acids is 1. The summed E-state index contributed by atoms with van der Waals surface area (Å²) in [6.45, 7) is 4.50. The molecule has 1 aliphatic heterocycles. The smallest absolute Gasteiger partial charge is 0.326 e. The third-order valence-corrected chi connectivity index (χ3v) is 3.93. The van der Waals surface area contributed by atoms with Crippen molar-refractivity contribution < 1.29 is 14.7 Å². The Morgan fingerprint density at radius 1 is 1.50 bits per heavy atom. The van der Waals surface area contributed by atoms with Crippen LogP contribution in [0.4, 0.5) is 0 Å². The van der Waals surface area contributed by atoms with Crippen molar-refractivity contribution in [1.29, 1.82) is 0 Å². The number of hydrogen-bond donors (Lipinski definition) is 1. The molecule has 0 saturated carbocycles. The average Bonchev–Trinajstić information content (AvgIpc) is 3.00. The Morgan fingerprint density at radius 3 is 2.80 bits per heavy atom. The van der Waals surface area contributed by atoms with Crippen molar-refractivity contribution in [1.82, 2.24) is 14.7 Å². The van der Waals surface area contributed by atoms with Crippen LogP contribution in [0.2, 0.25) is 0 Å². The highest BCUT2D eigenvalue weighted by molar-refractivity contribution is 5.87. The Hall–Kier alpha value is -1.85. The van der Waals surface area contributed by atoms with Crippen molar-refractivity contribution in [2.45, 2.75) is 58.2 Å². The minimum atomic E-state index is -0.935. The number of nitrogens with zero attached hydrogens (tertiary/aromatic N) is 3. The minimum Gasteiger partial charge on any atom is -0.480 e. The first kappa shape index (κ1) is 14.6. The Balaban J connectivity index is 2.09. The molecular formula is C14H21N3O3. The first-order valence-electron chi connectivity index (χ1n) is 7.13. The van der Waals surface area contributed by atoms with Crippen molar-refractivity contribution in [2.75, 3.05) is 0 Å². The maximum absolute atomic E-state index is 11.8. The average molecular weight is 279 g/mol. The van der Waals surface area contributed by atoms with Crippen molar-refractivity contribution in [3.05, 3.63) is 18.0 Å². The van der Waals surface area contributed by atoms with Crippen LogP contribution in [0.5, 0.6) is 0 Å². The summed E-state index contributed by atoms with van der Waals surface area (Å²) in [5.41, 5.74) is 0.749. The van der Waals surface area contributed by atoms with E-state index in [0.29, 0.717) is 18.9 Å². The van der Waals surface area contributed by atoms with Crippen molar-refractivity contribution >= 4 is 11.9 Å². The van der Waals surface area contributed by atoms with Gasteiger partial charge in [-0.3, -0.25) is 9.48 Å². The molecule has 1 N–H and O–H groups in total. The van der Waals surface area contributed by atoms with E-state index in [9.17, 15) is 9.59 Å². The normalized spacial score (nSPS) is 19.1. The van der Waals surface area contributed by atoms with Crippen LogP contribution in [0.3, 0.4) is 0 Å². The van der Waals surface area contributed by atoms with Crippen molar-refractivity contribution in [3.8, 4) is 0 Å². The van der Waals surface area contributed by atoms with Crippen molar-refractivity contribution in [3.63, 3.8) is 0 Å². The molecule has 1 atom stereocenters. The molecular weight excluding hydrogens is 258 g/mol.